The van der Waals surface area contributed by atoms with Gasteiger partial charge in [0.15, 0.2) is 0 Å². The summed E-state index contributed by atoms with van der Waals surface area (Å²) in [6.07, 6.45) is 0. The highest BCUT2D eigenvalue weighted by Gasteiger charge is 2.24. The van der Waals surface area contributed by atoms with Crippen molar-refractivity contribution in [1.82, 2.24) is 9.13 Å². The van der Waals surface area contributed by atoms with Crippen LogP contribution in [0.25, 0.3) is 88.0 Å². The molecule has 52 heavy (non-hydrogen) atoms. The van der Waals surface area contributed by atoms with Crippen LogP contribution < -0.4 is 0 Å². The number of aromatic nitrogens is 2. The first-order valence-corrected chi connectivity index (χ1v) is 17.3. The first kappa shape index (κ1) is 29.5. The third-order valence-corrected chi connectivity index (χ3v) is 10.3. The first-order valence-electron chi connectivity index (χ1n) is 17.3. The van der Waals surface area contributed by atoms with Gasteiger partial charge in [0.2, 0.25) is 0 Å². The summed E-state index contributed by atoms with van der Waals surface area (Å²) in [7, 11) is 0. The smallest absolute Gasteiger partial charge is 0.101 e. The average molecular weight is 661 g/mol. The normalized spacial score (nSPS) is 11.4. The third kappa shape index (κ3) is 4.39. The van der Waals surface area contributed by atoms with Crippen LogP contribution in [0.5, 0.6) is 0 Å². The SMILES string of the molecule is N#Cc1cc(C#N)c(-n2c3ccc(-c4ccccc4)cc3c3c4ccccc4ccc32)c(-n2c3ccccc3c3cc(-c4ccccc4)ccc32)c1. The molecule has 2 heterocycles. The highest BCUT2D eigenvalue weighted by atomic mass is 15.1. The Kier molecular flexibility index (Phi) is 6.58. The van der Waals surface area contributed by atoms with Gasteiger partial charge in [0.25, 0.3) is 0 Å². The van der Waals surface area contributed by atoms with Crippen molar-refractivity contribution in [3.63, 3.8) is 0 Å². The Morgan fingerprint density at radius 3 is 1.65 bits per heavy atom. The summed E-state index contributed by atoms with van der Waals surface area (Å²) < 4.78 is 4.47. The Balaban J connectivity index is 1.35. The fraction of sp³-hybridized carbons (Fsp3) is 0. The first-order chi connectivity index (χ1) is 25.7. The molecule has 0 saturated carbocycles. The van der Waals surface area contributed by atoms with E-state index in [-0.39, 0.29) is 0 Å². The zero-order chi connectivity index (χ0) is 34.8. The molecule has 240 valence electrons. The Bertz CT molecular complexity index is 3130. The van der Waals surface area contributed by atoms with Crippen molar-refractivity contribution in [2.24, 2.45) is 0 Å². The number of nitrogens with zero attached hydrogens (tertiary/aromatic N) is 4. The molecule has 10 rings (SSSR count). The van der Waals surface area contributed by atoms with Crippen LogP contribution in [-0.4, -0.2) is 9.13 Å². The van der Waals surface area contributed by atoms with Gasteiger partial charge >= 0.3 is 0 Å². The second-order valence-corrected chi connectivity index (χ2v) is 13.2. The van der Waals surface area contributed by atoms with E-state index in [1.165, 1.54) is 0 Å². The summed E-state index contributed by atoms with van der Waals surface area (Å²) in [6.45, 7) is 0. The monoisotopic (exact) mass is 660 g/mol. The van der Waals surface area contributed by atoms with Crippen molar-refractivity contribution in [3.8, 4) is 45.8 Å². The second-order valence-electron chi connectivity index (χ2n) is 13.2. The molecule has 0 unspecified atom stereocenters. The van der Waals surface area contributed by atoms with Gasteiger partial charge in [0.05, 0.1) is 50.6 Å². The van der Waals surface area contributed by atoms with Gasteiger partial charge in [-0.2, -0.15) is 10.5 Å². The fourth-order valence-electron chi connectivity index (χ4n) is 8.06. The molecule has 0 atom stereocenters. The third-order valence-electron chi connectivity index (χ3n) is 10.3. The van der Waals surface area contributed by atoms with Gasteiger partial charge in [-0.05, 0) is 81.6 Å². The molecule has 0 N–H and O–H groups in total. The highest BCUT2D eigenvalue weighted by molar-refractivity contribution is 6.22. The van der Waals surface area contributed by atoms with E-state index in [9.17, 15) is 10.5 Å². The lowest BCUT2D eigenvalue weighted by Gasteiger charge is -2.19. The Hall–Kier alpha value is -7.40. The van der Waals surface area contributed by atoms with Crippen LogP contribution >= 0.6 is 0 Å². The molecule has 0 bridgehead atoms. The van der Waals surface area contributed by atoms with Gasteiger partial charge in [-0.1, -0.05) is 121 Å². The predicted octanol–water partition coefficient (Wildman–Crippen LogP) is 12.1. The number of nitriles is 2. The van der Waals surface area contributed by atoms with Gasteiger partial charge in [-0.3, -0.25) is 0 Å². The van der Waals surface area contributed by atoms with Crippen LogP contribution in [0.2, 0.25) is 0 Å². The molecule has 0 saturated heterocycles. The van der Waals surface area contributed by atoms with Crippen molar-refractivity contribution in [1.29, 1.82) is 10.5 Å². The van der Waals surface area contributed by atoms with Gasteiger partial charge in [-0.25, -0.2) is 0 Å². The standard InChI is InChI=1S/C48H28N4/c49-29-31-25-37(30-50)48(46(26-31)51-42-18-10-9-17-39(42)40-27-35(20-22-43(40)51)32-11-3-1-4-12-32)52-44-23-21-36(33-13-5-2-6-14-33)28-41(44)47-38-16-8-7-15-34(38)19-24-45(47)52/h1-28H. The van der Waals surface area contributed by atoms with Crippen molar-refractivity contribution in [2.75, 3.05) is 0 Å². The van der Waals surface area contributed by atoms with E-state index in [4.69, 9.17) is 0 Å². The lowest BCUT2D eigenvalue weighted by atomic mass is 10.0. The molecule has 4 nitrogen and oxygen atoms in total. The number of hydrogen-bond donors (Lipinski definition) is 0. The van der Waals surface area contributed by atoms with Crippen molar-refractivity contribution in [3.05, 3.63) is 181 Å². The molecular weight excluding hydrogens is 633 g/mol. The van der Waals surface area contributed by atoms with Crippen LogP contribution in [-0.2, 0) is 0 Å². The summed E-state index contributed by atoms with van der Waals surface area (Å²) >= 11 is 0. The summed E-state index contributed by atoms with van der Waals surface area (Å²) in [5, 5.41) is 27.9. The maximum atomic E-state index is 10.9. The molecule has 0 aliphatic carbocycles. The predicted molar refractivity (Wildman–Crippen MR) is 213 cm³/mol. The molecule has 8 aromatic carbocycles. The molecular formula is C48H28N4. The van der Waals surface area contributed by atoms with Crippen LogP contribution in [0.15, 0.2) is 170 Å². The minimum atomic E-state index is 0.430. The van der Waals surface area contributed by atoms with Crippen molar-refractivity contribution in [2.45, 2.75) is 0 Å². The lowest BCUT2D eigenvalue weighted by molar-refractivity contribution is 1.09. The molecule has 0 radical (unpaired) electrons. The van der Waals surface area contributed by atoms with E-state index in [0.29, 0.717) is 11.1 Å². The van der Waals surface area contributed by atoms with E-state index in [1.807, 2.05) is 24.3 Å². The number of para-hydroxylation sites is 1. The van der Waals surface area contributed by atoms with E-state index in [2.05, 4.69) is 161 Å². The molecule has 0 aliphatic rings. The van der Waals surface area contributed by atoms with Gasteiger partial charge in [0.1, 0.15) is 6.07 Å². The maximum Gasteiger partial charge on any atom is 0.101 e. The molecule has 0 aliphatic heterocycles. The summed E-state index contributed by atoms with van der Waals surface area (Å²) in [6, 6.07) is 63.7. The van der Waals surface area contributed by atoms with Crippen LogP contribution in [0.1, 0.15) is 11.1 Å². The van der Waals surface area contributed by atoms with Gasteiger partial charge in [-0.15, -0.1) is 0 Å². The van der Waals surface area contributed by atoms with E-state index < -0.39 is 0 Å². The molecule has 10 aromatic rings. The Morgan fingerprint density at radius 1 is 0.385 bits per heavy atom. The minimum absolute atomic E-state index is 0.430. The number of rotatable bonds is 4. The maximum absolute atomic E-state index is 10.9. The largest absolute Gasteiger partial charge is 0.307 e. The average Bonchev–Trinajstić information content (AvgIpc) is 3.73. The van der Waals surface area contributed by atoms with Gasteiger partial charge < -0.3 is 9.13 Å². The Labute approximate surface area is 299 Å². The minimum Gasteiger partial charge on any atom is -0.307 e. The van der Waals surface area contributed by atoms with Crippen LogP contribution in [0.4, 0.5) is 0 Å². The molecule has 4 heteroatoms. The van der Waals surface area contributed by atoms with Gasteiger partial charge in [0, 0.05) is 21.5 Å². The number of fused-ring (bicyclic) bond motifs is 8. The van der Waals surface area contributed by atoms with E-state index in [1.54, 1.807) is 6.07 Å². The van der Waals surface area contributed by atoms with Crippen LogP contribution in [0.3, 0.4) is 0 Å². The summed E-state index contributed by atoms with van der Waals surface area (Å²) in [5.74, 6) is 0. The fourth-order valence-corrected chi connectivity index (χ4v) is 8.06. The second kappa shape index (κ2) is 11.6. The summed E-state index contributed by atoms with van der Waals surface area (Å²) in [4.78, 5) is 0. The molecule has 0 fully saturated rings. The summed E-state index contributed by atoms with van der Waals surface area (Å²) in [5.41, 5.74) is 10.9. The number of hydrogen-bond acceptors (Lipinski definition) is 2. The van der Waals surface area contributed by atoms with Crippen molar-refractivity contribution < 1.29 is 0 Å². The molecule has 0 amide bonds. The van der Waals surface area contributed by atoms with E-state index in [0.717, 1.165) is 88.0 Å². The van der Waals surface area contributed by atoms with Crippen LogP contribution in [0, 0.1) is 22.7 Å². The van der Waals surface area contributed by atoms with Crippen molar-refractivity contribution >= 4 is 54.4 Å². The zero-order valence-corrected chi connectivity index (χ0v) is 28.0. The topological polar surface area (TPSA) is 57.4 Å². The lowest BCUT2D eigenvalue weighted by Crippen LogP contribution is -2.07. The molecule has 0 spiro atoms. The number of benzene rings is 8. The zero-order valence-electron chi connectivity index (χ0n) is 28.0. The molecule has 2 aromatic heterocycles. The highest BCUT2D eigenvalue weighted by Crippen LogP contribution is 2.43. The quantitative estimate of drug-likeness (QED) is 0.189. The van der Waals surface area contributed by atoms with E-state index >= 15 is 0 Å². The Morgan fingerprint density at radius 2 is 0.962 bits per heavy atom.